The van der Waals surface area contributed by atoms with Crippen molar-refractivity contribution in [3.8, 4) is 0 Å². The first kappa shape index (κ1) is 15.3. The van der Waals surface area contributed by atoms with E-state index >= 15 is 0 Å². The molecule has 0 aliphatic rings. The van der Waals surface area contributed by atoms with E-state index in [0.717, 1.165) is 0 Å². The molecule has 0 heterocycles. The quantitative estimate of drug-likeness (QED) is 0.554. The molecule has 23 heavy (non-hydrogen) atoms. The van der Waals surface area contributed by atoms with Crippen molar-refractivity contribution in [3.05, 3.63) is 108 Å². The first-order chi connectivity index (χ1) is 11.1. The van der Waals surface area contributed by atoms with E-state index in [1.807, 2.05) is 0 Å². The van der Waals surface area contributed by atoms with Crippen molar-refractivity contribution in [1.29, 1.82) is 0 Å². The van der Waals surface area contributed by atoms with Crippen LogP contribution in [0.15, 0.2) is 91.0 Å². The van der Waals surface area contributed by atoms with Crippen molar-refractivity contribution in [3.63, 3.8) is 0 Å². The maximum Gasteiger partial charge on any atom is 0.406 e. The van der Waals surface area contributed by atoms with Crippen LogP contribution in [0.2, 0.25) is 0 Å². The van der Waals surface area contributed by atoms with Gasteiger partial charge in [0.2, 0.25) is 0 Å². The smallest absolute Gasteiger partial charge is 0.169 e. The fraction of sp³-hybridized carbons (Fsp3) is 0.100. The molecule has 0 atom stereocenters. The van der Waals surface area contributed by atoms with Gasteiger partial charge in [-0.1, -0.05) is 91.0 Å². The predicted octanol–water partition coefficient (Wildman–Crippen LogP) is 5.58. The fourth-order valence-corrected chi connectivity index (χ4v) is 3.06. The van der Waals surface area contributed by atoms with Crippen LogP contribution in [-0.2, 0) is 5.41 Å². The lowest BCUT2D eigenvalue weighted by Gasteiger charge is -2.37. The van der Waals surface area contributed by atoms with E-state index in [-0.39, 0.29) is 16.7 Å². The van der Waals surface area contributed by atoms with Crippen molar-refractivity contribution in [2.45, 2.75) is 11.6 Å². The van der Waals surface area contributed by atoms with Crippen LogP contribution in [0.3, 0.4) is 0 Å². The van der Waals surface area contributed by atoms with Gasteiger partial charge in [-0.2, -0.15) is 13.2 Å². The molecule has 0 spiro atoms. The molecule has 116 valence electrons. The lowest BCUT2D eigenvalue weighted by atomic mass is 9.69. The number of hydrogen-bond acceptors (Lipinski definition) is 0. The SMILES string of the molecule is FC(F)(F)C(c1ccccc1)(c1ccccc1)c1ccccc1. The Hall–Kier alpha value is -2.55. The predicted molar refractivity (Wildman–Crippen MR) is 85.3 cm³/mol. The second-order valence-electron chi connectivity index (χ2n) is 5.35. The summed E-state index contributed by atoms with van der Waals surface area (Å²) >= 11 is 0. The first-order valence-electron chi connectivity index (χ1n) is 7.30. The standard InChI is InChI=1S/C20H15F3/c21-20(22,23)19(16-10-4-1-5-11-16,17-12-6-2-7-13-17)18-14-8-3-9-15-18/h1-15H. The lowest BCUT2D eigenvalue weighted by molar-refractivity contribution is -0.166. The highest BCUT2D eigenvalue weighted by Crippen LogP contribution is 2.50. The van der Waals surface area contributed by atoms with Crippen molar-refractivity contribution in [2.75, 3.05) is 0 Å². The highest BCUT2D eigenvalue weighted by atomic mass is 19.4. The minimum Gasteiger partial charge on any atom is -0.169 e. The summed E-state index contributed by atoms with van der Waals surface area (Å²) in [7, 11) is 0. The summed E-state index contributed by atoms with van der Waals surface area (Å²) in [5, 5.41) is 0. The number of alkyl halides is 3. The van der Waals surface area contributed by atoms with Gasteiger partial charge in [0.05, 0.1) is 0 Å². The van der Waals surface area contributed by atoms with Crippen molar-refractivity contribution >= 4 is 0 Å². The van der Waals surface area contributed by atoms with Gasteiger partial charge in [-0.05, 0) is 16.7 Å². The molecule has 0 N–H and O–H groups in total. The van der Waals surface area contributed by atoms with Crippen molar-refractivity contribution in [1.82, 2.24) is 0 Å². The second-order valence-corrected chi connectivity index (χ2v) is 5.35. The van der Waals surface area contributed by atoms with Crippen LogP contribution >= 0.6 is 0 Å². The first-order valence-corrected chi connectivity index (χ1v) is 7.30. The minimum absolute atomic E-state index is 0.213. The van der Waals surface area contributed by atoms with Gasteiger partial charge in [0, 0.05) is 0 Å². The van der Waals surface area contributed by atoms with Gasteiger partial charge < -0.3 is 0 Å². The van der Waals surface area contributed by atoms with E-state index in [9.17, 15) is 13.2 Å². The number of hydrogen-bond donors (Lipinski definition) is 0. The van der Waals surface area contributed by atoms with Crippen LogP contribution < -0.4 is 0 Å². The zero-order valence-corrected chi connectivity index (χ0v) is 12.3. The topological polar surface area (TPSA) is 0 Å². The van der Waals surface area contributed by atoms with E-state index in [2.05, 4.69) is 0 Å². The Bertz CT molecular complexity index is 650. The maximum absolute atomic E-state index is 14.4. The molecular weight excluding hydrogens is 297 g/mol. The van der Waals surface area contributed by atoms with Crippen molar-refractivity contribution < 1.29 is 13.2 Å². The number of halogens is 3. The van der Waals surface area contributed by atoms with Gasteiger partial charge >= 0.3 is 6.18 Å². The van der Waals surface area contributed by atoms with Crippen LogP contribution in [0.1, 0.15) is 16.7 Å². The average molecular weight is 312 g/mol. The normalized spacial score (nSPS) is 12.1. The molecule has 0 aromatic heterocycles. The second kappa shape index (κ2) is 5.92. The van der Waals surface area contributed by atoms with E-state index in [1.165, 1.54) is 36.4 Å². The van der Waals surface area contributed by atoms with E-state index in [0.29, 0.717) is 0 Å². The van der Waals surface area contributed by atoms with Gasteiger partial charge in [-0.25, -0.2) is 0 Å². The van der Waals surface area contributed by atoms with E-state index < -0.39 is 11.6 Å². The van der Waals surface area contributed by atoms with Crippen LogP contribution in [0.25, 0.3) is 0 Å². The summed E-state index contributed by atoms with van der Waals surface area (Å²) in [6, 6.07) is 24.2. The summed E-state index contributed by atoms with van der Waals surface area (Å²) in [5.41, 5.74) is -1.55. The van der Waals surface area contributed by atoms with Crippen LogP contribution in [0.4, 0.5) is 13.2 Å². The Kier molecular flexibility index (Phi) is 3.95. The van der Waals surface area contributed by atoms with E-state index in [1.54, 1.807) is 54.6 Å². The Morgan fingerprint density at radius 1 is 0.435 bits per heavy atom. The third-order valence-corrected chi connectivity index (χ3v) is 4.05. The molecule has 3 heteroatoms. The maximum atomic E-state index is 14.4. The molecule has 0 fully saturated rings. The molecule has 3 rings (SSSR count). The summed E-state index contributed by atoms with van der Waals surface area (Å²) in [6.45, 7) is 0. The van der Waals surface area contributed by atoms with Gasteiger partial charge in [0.25, 0.3) is 0 Å². The van der Waals surface area contributed by atoms with Crippen LogP contribution in [0, 0.1) is 0 Å². The Morgan fingerprint density at radius 3 is 0.913 bits per heavy atom. The van der Waals surface area contributed by atoms with E-state index in [4.69, 9.17) is 0 Å². The molecule has 0 unspecified atom stereocenters. The van der Waals surface area contributed by atoms with Gasteiger partial charge in [0.15, 0.2) is 0 Å². The molecule has 0 saturated heterocycles. The van der Waals surface area contributed by atoms with Crippen molar-refractivity contribution in [2.24, 2.45) is 0 Å². The average Bonchev–Trinajstić information content (AvgIpc) is 2.57. The van der Waals surface area contributed by atoms with Crippen LogP contribution in [0.5, 0.6) is 0 Å². The Balaban J connectivity index is 2.41. The fourth-order valence-electron chi connectivity index (χ4n) is 3.06. The largest absolute Gasteiger partial charge is 0.406 e. The molecule has 0 aliphatic carbocycles. The number of rotatable bonds is 3. The lowest BCUT2D eigenvalue weighted by Crippen LogP contribution is -2.44. The number of benzene rings is 3. The summed E-state index contributed by atoms with van der Waals surface area (Å²) in [4.78, 5) is 0. The molecular formula is C20H15F3. The molecule has 0 amide bonds. The van der Waals surface area contributed by atoms with Gasteiger partial charge in [0.1, 0.15) is 5.41 Å². The third kappa shape index (κ3) is 2.52. The summed E-state index contributed by atoms with van der Waals surface area (Å²) in [6.07, 6.45) is -4.48. The molecule has 0 bridgehead atoms. The zero-order chi connectivity index (χ0) is 16.3. The van der Waals surface area contributed by atoms with Gasteiger partial charge in [-0.3, -0.25) is 0 Å². The van der Waals surface area contributed by atoms with Gasteiger partial charge in [-0.15, -0.1) is 0 Å². The summed E-state index contributed by atoms with van der Waals surface area (Å²) < 4.78 is 43.3. The molecule has 0 nitrogen and oxygen atoms in total. The van der Waals surface area contributed by atoms with Crippen LogP contribution in [-0.4, -0.2) is 6.18 Å². The third-order valence-electron chi connectivity index (χ3n) is 4.05. The minimum atomic E-state index is -4.48. The molecule has 0 saturated carbocycles. The monoisotopic (exact) mass is 312 g/mol. The molecule has 0 aliphatic heterocycles. The molecule has 3 aromatic carbocycles. The molecule has 3 aromatic rings. The zero-order valence-electron chi connectivity index (χ0n) is 12.3. The Morgan fingerprint density at radius 2 is 0.696 bits per heavy atom. The summed E-state index contributed by atoms with van der Waals surface area (Å²) in [5.74, 6) is 0. The Labute approximate surface area is 133 Å². The highest BCUT2D eigenvalue weighted by molar-refractivity contribution is 5.52. The molecule has 0 radical (unpaired) electrons. The highest BCUT2D eigenvalue weighted by Gasteiger charge is 2.58.